The van der Waals surface area contributed by atoms with Crippen molar-refractivity contribution in [2.45, 2.75) is 25.8 Å². The molecule has 1 aromatic carbocycles. The summed E-state index contributed by atoms with van der Waals surface area (Å²) in [5, 5.41) is 9.74. The second-order valence-corrected chi connectivity index (χ2v) is 6.27. The van der Waals surface area contributed by atoms with Crippen LogP contribution in [0.15, 0.2) is 36.7 Å². The molecule has 3 amide bonds. The molecule has 2 aromatic rings. The molecule has 25 heavy (non-hydrogen) atoms. The van der Waals surface area contributed by atoms with E-state index in [1.807, 2.05) is 42.4 Å². The lowest BCUT2D eigenvalue weighted by Gasteiger charge is -2.15. The van der Waals surface area contributed by atoms with E-state index in [1.54, 1.807) is 10.9 Å². The number of carbonyl (C=O) groups excluding carboxylic acids is 2. The van der Waals surface area contributed by atoms with Crippen LogP contribution in [0.25, 0.3) is 0 Å². The van der Waals surface area contributed by atoms with Crippen LogP contribution in [0.3, 0.4) is 0 Å². The average Bonchev–Trinajstić information content (AvgIpc) is 3.18. The third kappa shape index (κ3) is 4.82. The molecular weight excluding hydrogens is 318 g/mol. The fraction of sp³-hybridized carbons (Fsp3) is 0.389. The van der Waals surface area contributed by atoms with Crippen molar-refractivity contribution in [2.24, 2.45) is 7.05 Å². The van der Waals surface area contributed by atoms with Crippen LogP contribution in [0, 0.1) is 0 Å². The van der Waals surface area contributed by atoms with Gasteiger partial charge in [-0.25, -0.2) is 4.79 Å². The number of hydrogen-bond acceptors (Lipinski definition) is 3. The number of nitrogens with zero attached hydrogens (tertiary/aromatic N) is 3. The molecule has 1 aliphatic heterocycles. The van der Waals surface area contributed by atoms with Crippen LogP contribution in [0.2, 0.25) is 0 Å². The van der Waals surface area contributed by atoms with Crippen molar-refractivity contribution in [3.05, 3.63) is 47.8 Å². The molecule has 0 atom stereocenters. The van der Waals surface area contributed by atoms with E-state index in [1.165, 1.54) is 0 Å². The minimum atomic E-state index is -0.230. The van der Waals surface area contributed by atoms with Crippen LogP contribution < -0.4 is 10.6 Å². The maximum absolute atomic E-state index is 11.9. The topological polar surface area (TPSA) is 79.3 Å². The second kappa shape index (κ2) is 7.83. The number of anilines is 1. The van der Waals surface area contributed by atoms with E-state index in [9.17, 15) is 9.59 Å². The van der Waals surface area contributed by atoms with Crippen LogP contribution in [0.4, 0.5) is 10.5 Å². The van der Waals surface area contributed by atoms with Gasteiger partial charge < -0.3 is 15.5 Å². The molecule has 0 radical (unpaired) electrons. The van der Waals surface area contributed by atoms with Gasteiger partial charge in [0.05, 0.1) is 6.20 Å². The van der Waals surface area contributed by atoms with Gasteiger partial charge in [0.1, 0.15) is 0 Å². The van der Waals surface area contributed by atoms with Crippen LogP contribution in [0.1, 0.15) is 24.0 Å². The number of nitrogens with one attached hydrogen (secondary N) is 2. The number of amides is 3. The average molecular weight is 341 g/mol. The Balaban J connectivity index is 1.42. The van der Waals surface area contributed by atoms with E-state index < -0.39 is 0 Å². The van der Waals surface area contributed by atoms with Crippen LogP contribution in [-0.4, -0.2) is 39.7 Å². The fourth-order valence-electron chi connectivity index (χ4n) is 2.88. The first-order valence-corrected chi connectivity index (χ1v) is 8.49. The van der Waals surface area contributed by atoms with Crippen LogP contribution >= 0.6 is 0 Å². The molecule has 1 aliphatic rings. The van der Waals surface area contributed by atoms with Crippen molar-refractivity contribution in [1.29, 1.82) is 0 Å². The van der Waals surface area contributed by atoms with Crippen LogP contribution in [0.5, 0.6) is 0 Å². The van der Waals surface area contributed by atoms with Gasteiger partial charge in [0.25, 0.3) is 0 Å². The molecule has 2 N–H and O–H groups in total. The number of hydrogen-bond donors (Lipinski definition) is 2. The summed E-state index contributed by atoms with van der Waals surface area (Å²) >= 11 is 0. The van der Waals surface area contributed by atoms with Crippen molar-refractivity contribution >= 4 is 17.6 Å². The SMILES string of the molecule is Cn1cc(CCNC(=O)Nc2ccc(CN3CCCC3=O)cc2)cn1. The van der Waals surface area contributed by atoms with E-state index in [-0.39, 0.29) is 11.9 Å². The van der Waals surface area contributed by atoms with Crippen molar-refractivity contribution in [1.82, 2.24) is 20.0 Å². The number of benzene rings is 1. The van der Waals surface area contributed by atoms with E-state index in [2.05, 4.69) is 15.7 Å². The van der Waals surface area contributed by atoms with E-state index in [0.717, 1.165) is 36.2 Å². The predicted octanol–water partition coefficient (Wildman–Crippen LogP) is 1.91. The molecule has 0 bridgehead atoms. The Morgan fingerprint density at radius 2 is 2.04 bits per heavy atom. The van der Waals surface area contributed by atoms with Crippen molar-refractivity contribution in [3.8, 4) is 0 Å². The molecule has 0 saturated carbocycles. The molecule has 3 rings (SSSR count). The molecule has 1 aromatic heterocycles. The fourth-order valence-corrected chi connectivity index (χ4v) is 2.88. The second-order valence-electron chi connectivity index (χ2n) is 6.27. The van der Waals surface area contributed by atoms with Gasteiger partial charge in [-0.15, -0.1) is 0 Å². The van der Waals surface area contributed by atoms with Gasteiger partial charge in [0, 0.05) is 45.0 Å². The lowest BCUT2D eigenvalue weighted by Crippen LogP contribution is -2.30. The Bertz CT molecular complexity index is 738. The van der Waals surface area contributed by atoms with E-state index >= 15 is 0 Å². The molecule has 0 spiro atoms. The van der Waals surface area contributed by atoms with Crippen molar-refractivity contribution in [3.63, 3.8) is 0 Å². The third-order valence-electron chi connectivity index (χ3n) is 4.21. The van der Waals surface area contributed by atoms with Crippen molar-refractivity contribution < 1.29 is 9.59 Å². The lowest BCUT2D eigenvalue weighted by molar-refractivity contribution is -0.128. The Labute approximate surface area is 147 Å². The van der Waals surface area contributed by atoms with Gasteiger partial charge in [0.2, 0.25) is 5.91 Å². The Morgan fingerprint density at radius 3 is 2.68 bits per heavy atom. The molecule has 132 valence electrons. The quantitative estimate of drug-likeness (QED) is 0.842. The Kier molecular flexibility index (Phi) is 5.33. The molecule has 7 nitrogen and oxygen atoms in total. The maximum Gasteiger partial charge on any atom is 0.319 e. The number of likely N-dealkylation sites (tertiary alicyclic amines) is 1. The zero-order valence-electron chi connectivity index (χ0n) is 14.4. The summed E-state index contributed by atoms with van der Waals surface area (Å²) in [5.74, 6) is 0.218. The molecule has 1 saturated heterocycles. The molecule has 7 heteroatoms. The Morgan fingerprint density at radius 1 is 1.24 bits per heavy atom. The highest BCUT2D eigenvalue weighted by Crippen LogP contribution is 2.16. The molecule has 2 heterocycles. The van der Waals surface area contributed by atoms with Gasteiger partial charge in [0.15, 0.2) is 0 Å². The highest BCUT2D eigenvalue weighted by atomic mass is 16.2. The smallest absolute Gasteiger partial charge is 0.319 e. The summed E-state index contributed by atoms with van der Waals surface area (Å²) < 4.78 is 1.74. The molecule has 0 unspecified atom stereocenters. The minimum absolute atomic E-state index is 0.218. The summed E-state index contributed by atoms with van der Waals surface area (Å²) in [6, 6.07) is 7.37. The molecular formula is C18H23N5O2. The third-order valence-corrected chi connectivity index (χ3v) is 4.21. The van der Waals surface area contributed by atoms with Crippen molar-refractivity contribution in [2.75, 3.05) is 18.4 Å². The highest BCUT2D eigenvalue weighted by Gasteiger charge is 2.19. The van der Waals surface area contributed by atoms with Gasteiger partial charge in [-0.3, -0.25) is 9.48 Å². The van der Waals surface area contributed by atoms with Gasteiger partial charge in [-0.1, -0.05) is 12.1 Å². The summed E-state index contributed by atoms with van der Waals surface area (Å²) in [7, 11) is 1.87. The number of aryl methyl sites for hydroxylation is 1. The number of rotatable bonds is 6. The zero-order chi connectivity index (χ0) is 17.6. The standard InChI is InChI=1S/C18H23N5O2/c1-22-12-15(11-20-22)8-9-19-18(25)21-16-6-4-14(5-7-16)13-23-10-2-3-17(23)24/h4-7,11-12H,2-3,8-10,13H2,1H3,(H2,19,21,25). The van der Waals surface area contributed by atoms with Crippen LogP contribution in [-0.2, 0) is 24.8 Å². The Hall–Kier alpha value is -2.83. The predicted molar refractivity (Wildman–Crippen MR) is 95.0 cm³/mol. The zero-order valence-corrected chi connectivity index (χ0v) is 14.4. The highest BCUT2D eigenvalue weighted by molar-refractivity contribution is 5.89. The summed E-state index contributed by atoms with van der Waals surface area (Å²) in [4.78, 5) is 25.4. The monoisotopic (exact) mass is 341 g/mol. The number of carbonyl (C=O) groups is 2. The summed E-state index contributed by atoms with van der Waals surface area (Å²) in [5.41, 5.74) is 2.89. The first-order valence-electron chi connectivity index (χ1n) is 8.49. The lowest BCUT2D eigenvalue weighted by atomic mass is 10.2. The summed E-state index contributed by atoms with van der Waals surface area (Å²) in [6.07, 6.45) is 6.06. The van der Waals surface area contributed by atoms with Gasteiger partial charge in [-0.2, -0.15) is 5.10 Å². The molecule has 1 fully saturated rings. The van der Waals surface area contributed by atoms with Gasteiger partial charge >= 0.3 is 6.03 Å². The first kappa shape index (κ1) is 17.0. The number of aromatic nitrogens is 2. The largest absolute Gasteiger partial charge is 0.338 e. The first-order chi connectivity index (χ1) is 12.1. The van der Waals surface area contributed by atoms with E-state index in [0.29, 0.717) is 19.5 Å². The minimum Gasteiger partial charge on any atom is -0.338 e. The molecule has 0 aliphatic carbocycles. The normalized spacial score (nSPS) is 14.0. The maximum atomic E-state index is 11.9. The van der Waals surface area contributed by atoms with Gasteiger partial charge in [-0.05, 0) is 36.1 Å². The number of urea groups is 1. The summed E-state index contributed by atoms with van der Waals surface area (Å²) in [6.45, 7) is 2.02. The van der Waals surface area contributed by atoms with E-state index in [4.69, 9.17) is 0 Å².